The van der Waals surface area contributed by atoms with Gasteiger partial charge in [0.25, 0.3) is 0 Å². The third kappa shape index (κ3) is 4.17. The van der Waals surface area contributed by atoms with Crippen LogP contribution in [0.4, 0.5) is 5.82 Å². The molecule has 0 aliphatic carbocycles. The van der Waals surface area contributed by atoms with Gasteiger partial charge in [0, 0.05) is 22.5 Å². The molecule has 0 bridgehead atoms. The topological polar surface area (TPSA) is 73.1 Å². The second-order valence-electron chi connectivity index (χ2n) is 3.64. The molecule has 100 valence electrons. The van der Waals surface area contributed by atoms with E-state index in [1.54, 1.807) is 24.9 Å². The number of nitrogens with two attached hydrogens (primary N) is 1. The molecule has 7 heteroatoms. The zero-order valence-corrected chi connectivity index (χ0v) is 12.7. The summed E-state index contributed by atoms with van der Waals surface area (Å²) in [6.07, 6.45) is 0. The van der Waals surface area contributed by atoms with E-state index >= 15 is 0 Å². The van der Waals surface area contributed by atoms with Gasteiger partial charge >= 0.3 is 0 Å². The van der Waals surface area contributed by atoms with Gasteiger partial charge < -0.3 is 10.2 Å². The average Bonchev–Trinajstić information content (AvgIpc) is 2.41. The summed E-state index contributed by atoms with van der Waals surface area (Å²) in [6.45, 7) is 0.351. The molecule has 3 N–H and O–H groups in total. The van der Waals surface area contributed by atoms with Crippen LogP contribution in [0.3, 0.4) is 0 Å². The van der Waals surface area contributed by atoms with Crippen molar-refractivity contribution in [3.8, 4) is 0 Å². The van der Waals surface area contributed by atoms with E-state index in [9.17, 15) is 0 Å². The summed E-state index contributed by atoms with van der Waals surface area (Å²) in [5, 5.41) is 0.817. The van der Waals surface area contributed by atoms with Crippen LogP contribution in [0.1, 0.15) is 5.82 Å². The number of hydrogen-bond donors (Lipinski definition) is 2. The average molecular weight is 341 g/mol. The van der Waals surface area contributed by atoms with E-state index in [1.165, 1.54) is 0 Å². The van der Waals surface area contributed by atoms with Crippen LogP contribution in [-0.4, -0.2) is 17.1 Å². The predicted molar refractivity (Wildman–Crippen MR) is 78.8 cm³/mol. The first-order valence-corrected chi connectivity index (χ1v) is 7.09. The van der Waals surface area contributed by atoms with Crippen LogP contribution in [0.2, 0.25) is 0 Å². The van der Waals surface area contributed by atoms with Gasteiger partial charge in [-0.25, -0.2) is 15.8 Å². The molecule has 2 aromatic rings. The van der Waals surface area contributed by atoms with Crippen molar-refractivity contribution in [2.45, 2.75) is 16.5 Å². The minimum Gasteiger partial charge on any atom is -0.377 e. The van der Waals surface area contributed by atoms with E-state index < -0.39 is 0 Å². The van der Waals surface area contributed by atoms with Gasteiger partial charge in [-0.3, -0.25) is 0 Å². The lowest BCUT2D eigenvalue weighted by atomic mass is 10.4. The van der Waals surface area contributed by atoms with Crippen molar-refractivity contribution in [1.82, 2.24) is 9.97 Å². The molecule has 0 amide bonds. The van der Waals surface area contributed by atoms with Crippen LogP contribution in [0.15, 0.2) is 44.7 Å². The highest BCUT2D eigenvalue weighted by Gasteiger charge is 2.06. The van der Waals surface area contributed by atoms with Crippen molar-refractivity contribution in [2.75, 3.05) is 12.5 Å². The molecule has 2 rings (SSSR count). The number of halogens is 1. The lowest BCUT2D eigenvalue weighted by Crippen LogP contribution is -2.11. The molecule has 1 heterocycles. The monoisotopic (exact) mass is 340 g/mol. The Labute approximate surface area is 124 Å². The Balaban J connectivity index is 2.23. The standard InChI is InChI=1S/C12H13BrN4OS/c1-18-7-11-15-10(17-14)6-12(16-11)19-9-4-2-8(13)3-5-9/h2-6H,7,14H2,1H3,(H,15,16,17). The van der Waals surface area contributed by atoms with E-state index in [-0.39, 0.29) is 0 Å². The molecule has 0 saturated carbocycles. The van der Waals surface area contributed by atoms with Gasteiger partial charge in [0.2, 0.25) is 0 Å². The fourth-order valence-corrected chi connectivity index (χ4v) is 2.52. The zero-order chi connectivity index (χ0) is 13.7. The van der Waals surface area contributed by atoms with E-state index in [0.29, 0.717) is 18.2 Å². The van der Waals surface area contributed by atoms with Crippen molar-refractivity contribution in [3.05, 3.63) is 40.6 Å². The van der Waals surface area contributed by atoms with Crippen molar-refractivity contribution in [2.24, 2.45) is 5.84 Å². The van der Waals surface area contributed by atoms with Gasteiger partial charge in [-0.15, -0.1) is 0 Å². The van der Waals surface area contributed by atoms with E-state index in [0.717, 1.165) is 14.4 Å². The maximum absolute atomic E-state index is 5.40. The largest absolute Gasteiger partial charge is 0.377 e. The highest BCUT2D eigenvalue weighted by molar-refractivity contribution is 9.10. The summed E-state index contributed by atoms with van der Waals surface area (Å²) in [5.74, 6) is 6.57. The molecule has 0 aliphatic rings. The van der Waals surface area contributed by atoms with Crippen LogP contribution < -0.4 is 11.3 Å². The normalized spacial score (nSPS) is 10.5. The number of nitrogens with zero attached hydrogens (tertiary/aromatic N) is 2. The quantitative estimate of drug-likeness (QED) is 0.495. The molecule has 0 spiro atoms. The van der Waals surface area contributed by atoms with Gasteiger partial charge in [0.05, 0.1) is 0 Å². The number of nitrogens with one attached hydrogen (secondary N) is 1. The molecule has 1 aromatic heterocycles. The minimum absolute atomic E-state index is 0.351. The Bertz CT molecular complexity index is 550. The Morgan fingerprint density at radius 3 is 2.68 bits per heavy atom. The number of anilines is 1. The molecule has 0 saturated heterocycles. The van der Waals surface area contributed by atoms with Crippen LogP contribution in [-0.2, 0) is 11.3 Å². The van der Waals surface area contributed by atoms with Gasteiger partial charge in [0.1, 0.15) is 17.5 Å². The summed E-state index contributed by atoms with van der Waals surface area (Å²) in [5.41, 5.74) is 2.53. The molecule has 5 nitrogen and oxygen atoms in total. The van der Waals surface area contributed by atoms with Crippen LogP contribution in [0.5, 0.6) is 0 Å². The number of benzene rings is 1. The lowest BCUT2D eigenvalue weighted by Gasteiger charge is -2.07. The Hall–Kier alpha value is -1.15. The molecule has 0 radical (unpaired) electrons. The maximum atomic E-state index is 5.40. The fourth-order valence-electron chi connectivity index (χ4n) is 1.42. The first-order chi connectivity index (χ1) is 9.21. The summed E-state index contributed by atoms with van der Waals surface area (Å²) in [7, 11) is 1.60. The summed E-state index contributed by atoms with van der Waals surface area (Å²) < 4.78 is 6.08. The molecule has 1 aromatic carbocycles. The number of hydrazine groups is 1. The molecule has 19 heavy (non-hydrogen) atoms. The predicted octanol–water partition coefficient (Wildman–Crippen LogP) is 2.82. The third-order valence-corrected chi connectivity index (χ3v) is 3.66. The molecule has 0 unspecified atom stereocenters. The number of nitrogen functional groups attached to an aromatic ring is 1. The number of aromatic nitrogens is 2. The van der Waals surface area contributed by atoms with Gasteiger partial charge in [-0.2, -0.15) is 0 Å². The minimum atomic E-state index is 0.351. The van der Waals surface area contributed by atoms with Crippen LogP contribution >= 0.6 is 27.7 Å². The fraction of sp³-hybridized carbons (Fsp3) is 0.167. The first-order valence-electron chi connectivity index (χ1n) is 5.48. The van der Waals surface area contributed by atoms with Gasteiger partial charge in [-0.05, 0) is 24.3 Å². The van der Waals surface area contributed by atoms with Crippen molar-refractivity contribution in [3.63, 3.8) is 0 Å². The van der Waals surface area contributed by atoms with E-state index in [2.05, 4.69) is 31.3 Å². The smallest absolute Gasteiger partial charge is 0.157 e. The van der Waals surface area contributed by atoms with Crippen LogP contribution in [0.25, 0.3) is 0 Å². The number of rotatable bonds is 5. The Morgan fingerprint density at radius 1 is 1.32 bits per heavy atom. The van der Waals surface area contributed by atoms with Crippen LogP contribution in [0, 0.1) is 0 Å². The SMILES string of the molecule is COCc1nc(NN)cc(Sc2ccc(Br)cc2)n1. The summed E-state index contributed by atoms with van der Waals surface area (Å²) in [4.78, 5) is 9.70. The summed E-state index contributed by atoms with van der Waals surface area (Å²) in [6, 6.07) is 9.81. The zero-order valence-electron chi connectivity index (χ0n) is 10.3. The second-order valence-corrected chi connectivity index (χ2v) is 5.65. The highest BCUT2D eigenvalue weighted by Crippen LogP contribution is 2.28. The van der Waals surface area contributed by atoms with Crippen molar-refractivity contribution < 1.29 is 4.74 Å². The highest BCUT2D eigenvalue weighted by atomic mass is 79.9. The first kappa shape index (κ1) is 14.3. The number of hydrogen-bond acceptors (Lipinski definition) is 6. The molecule has 0 atom stereocenters. The van der Waals surface area contributed by atoms with Gasteiger partial charge in [0.15, 0.2) is 5.82 Å². The third-order valence-electron chi connectivity index (χ3n) is 2.21. The molecule has 0 aliphatic heterocycles. The van der Waals surface area contributed by atoms with E-state index in [1.807, 2.05) is 24.3 Å². The Morgan fingerprint density at radius 2 is 2.05 bits per heavy atom. The second kappa shape index (κ2) is 6.85. The lowest BCUT2D eigenvalue weighted by molar-refractivity contribution is 0.177. The van der Waals surface area contributed by atoms with Gasteiger partial charge in [-0.1, -0.05) is 27.7 Å². The Kier molecular flexibility index (Phi) is 5.15. The summed E-state index contributed by atoms with van der Waals surface area (Å²) >= 11 is 4.95. The van der Waals surface area contributed by atoms with Crippen molar-refractivity contribution in [1.29, 1.82) is 0 Å². The molecular formula is C12H13BrN4OS. The number of methoxy groups -OCH3 is 1. The molecular weight excluding hydrogens is 328 g/mol. The molecule has 0 fully saturated rings. The van der Waals surface area contributed by atoms with Crippen molar-refractivity contribution >= 4 is 33.5 Å². The number of ether oxygens (including phenoxy) is 1. The maximum Gasteiger partial charge on any atom is 0.157 e. The van der Waals surface area contributed by atoms with E-state index in [4.69, 9.17) is 10.6 Å².